The molecular weight excluding hydrogens is 368 g/mol. The van der Waals surface area contributed by atoms with E-state index in [0.717, 1.165) is 24.3 Å². The SMILES string of the molecule is CC(C)(C)N1C2CC1CN(c1ccc3c(c1)CN([C@@H]1CCC(=O)NC1=O)C3=O)C2. The van der Waals surface area contributed by atoms with E-state index in [0.29, 0.717) is 30.6 Å². The van der Waals surface area contributed by atoms with Gasteiger partial charge in [-0.25, -0.2) is 0 Å². The number of nitrogens with zero attached hydrogens (tertiary/aromatic N) is 3. The average molecular weight is 396 g/mol. The molecule has 0 radical (unpaired) electrons. The number of hydrogen-bond acceptors (Lipinski definition) is 5. The third kappa shape index (κ3) is 2.94. The summed E-state index contributed by atoms with van der Waals surface area (Å²) >= 11 is 0. The van der Waals surface area contributed by atoms with Crippen molar-refractivity contribution in [1.82, 2.24) is 15.1 Å². The van der Waals surface area contributed by atoms with Crippen molar-refractivity contribution in [3.05, 3.63) is 29.3 Å². The lowest BCUT2D eigenvalue weighted by Gasteiger charge is -2.62. The number of nitrogens with one attached hydrogen (secondary N) is 1. The predicted octanol–water partition coefficient (Wildman–Crippen LogP) is 1.51. The van der Waals surface area contributed by atoms with Crippen LogP contribution in [0.25, 0.3) is 0 Å². The van der Waals surface area contributed by atoms with Gasteiger partial charge in [-0.15, -0.1) is 0 Å². The van der Waals surface area contributed by atoms with Crippen molar-refractivity contribution >= 4 is 23.4 Å². The number of carbonyl (C=O) groups excluding carboxylic acids is 3. The highest BCUT2D eigenvalue weighted by Gasteiger charge is 2.49. The zero-order chi connectivity index (χ0) is 20.5. The number of imide groups is 1. The van der Waals surface area contributed by atoms with Gasteiger partial charge in [-0.1, -0.05) is 0 Å². The fraction of sp³-hybridized carbons (Fsp3) is 0.591. The molecule has 154 valence electrons. The van der Waals surface area contributed by atoms with Gasteiger partial charge < -0.3 is 9.80 Å². The lowest BCUT2D eigenvalue weighted by atomic mass is 9.82. The highest BCUT2D eigenvalue weighted by molar-refractivity contribution is 6.05. The van der Waals surface area contributed by atoms with Crippen LogP contribution in [-0.2, 0) is 16.1 Å². The summed E-state index contributed by atoms with van der Waals surface area (Å²) in [7, 11) is 0. The molecule has 29 heavy (non-hydrogen) atoms. The van der Waals surface area contributed by atoms with Crippen molar-refractivity contribution in [2.75, 3.05) is 18.0 Å². The summed E-state index contributed by atoms with van der Waals surface area (Å²) in [5, 5.41) is 2.36. The van der Waals surface area contributed by atoms with E-state index in [1.807, 2.05) is 12.1 Å². The molecule has 0 aromatic heterocycles. The predicted molar refractivity (Wildman–Crippen MR) is 108 cm³/mol. The number of hydrogen-bond donors (Lipinski definition) is 1. The summed E-state index contributed by atoms with van der Waals surface area (Å²) in [4.78, 5) is 43.2. The fourth-order valence-corrected chi connectivity index (χ4v) is 5.67. The first-order valence-corrected chi connectivity index (χ1v) is 10.5. The number of piperazine rings is 1. The second-order valence-corrected chi connectivity index (χ2v) is 9.77. The van der Waals surface area contributed by atoms with Crippen molar-refractivity contribution in [3.63, 3.8) is 0 Å². The first-order valence-electron chi connectivity index (χ1n) is 10.5. The van der Waals surface area contributed by atoms with Crippen LogP contribution in [0.1, 0.15) is 56.0 Å². The minimum atomic E-state index is -0.556. The van der Waals surface area contributed by atoms with Crippen LogP contribution >= 0.6 is 0 Å². The maximum Gasteiger partial charge on any atom is 0.255 e. The summed E-state index contributed by atoms with van der Waals surface area (Å²) in [6.07, 6.45) is 1.94. The molecule has 4 fully saturated rings. The quantitative estimate of drug-likeness (QED) is 0.768. The molecule has 4 saturated heterocycles. The van der Waals surface area contributed by atoms with E-state index in [9.17, 15) is 14.4 Å². The number of amides is 3. The first kappa shape index (κ1) is 18.6. The van der Waals surface area contributed by atoms with E-state index >= 15 is 0 Å². The number of benzene rings is 1. The van der Waals surface area contributed by atoms with E-state index in [1.54, 1.807) is 4.90 Å². The Morgan fingerprint density at radius 1 is 1.07 bits per heavy atom. The van der Waals surface area contributed by atoms with Crippen molar-refractivity contribution in [2.24, 2.45) is 0 Å². The highest BCUT2D eigenvalue weighted by Crippen LogP contribution is 2.40. The molecular formula is C22H28N4O3. The molecule has 1 N–H and O–H groups in total. The Hall–Kier alpha value is -2.41. The molecule has 5 heterocycles. The molecule has 3 amide bonds. The molecule has 0 spiro atoms. The third-order valence-corrected chi connectivity index (χ3v) is 6.84. The van der Waals surface area contributed by atoms with Gasteiger partial charge in [0.05, 0.1) is 0 Å². The summed E-state index contributed by atoms with van der Waals surface area (Å²) in [5.74, 6) is -0.729. The summed E-state index contributed by atoms with van der Waals surface area (Å²) in [5.41, 5.74) is 3.01. The van der Waals surface area contributed by atoms with E-state index in [2.05, 4.69) is 42.0 Å². The maximum absolute atomic E-state index is 12.9. The second-order valence-electron chi connectivity index (χ2n) is 9.77. The van der Waals surface area contributed by atoms with Crippen molar-refractivity contribution in [1.29, 1.82) is 0 Å². The first-order chi connectivity index (χ1) is 13.7. The molecule has 2 unspecified atom stereocenters. The van der Waals surface area contributed by atoms with E-state index in [1.165, 1.54) is 6.42 Å². The minimum Gasteiger partial charge on any atom is -0.368 e. The third-order valence-electron chi connectivity index (χ3n) is 6.84. The standard InChI is InChI=1S/C22H28N4O3/c1-22(2,3)26-15-9-16(26)12-24(11-15)14-4-5-17-13(8-14)10-25(21(17)29)18-6-7-19(27)23-20(18)28/h4-5,8,15-16,18H,6-7,9-12H2,1-3H3,(H,23,27,28)/t15?,16?,18-/m1/s1. The Kier molecular flexibility index (Phi) is 4.04. The van der Waals surface area contributed by atoms with Crippen LogP contribution in [0.5, 0.6) is 0 Å². The molecule has 3 atom stereocenters. The molecule has 7 nitrogen and oxygen atoms in total. The number of rotatable bonds is 2. The average Bonchev–Trinajstić information content (AvgIpc) is 2.96. The molecule has 1 aromatic rings. The normalized spacial score (nSPS) is 29.6. The van der Waals surface area contributed by atoms with Crippen molar-refractivity contribution in [3.8, 4) is 0 Å². The molecule has 0 aliphatic carbocycles. The van der Waals surface area contributed by atoms with Gasteiger partial charge in [-0.05, 0) is 57.4 Å². The van der Waals surface area contributed by atoms with Gasteiger partial charge in [-0.3, -0.25) is 24.6 Å². The Bertz CT molecular complexity index is 894. The maximum atomic E-state index is 12.9. The molecule has 6 rings (SSSR count). The fourth-order valence-electron chi connectivity index (χ4n) is 5.67. The van der Waals surface area contributed by atoms with Gasteiger partial charge in [0.2, 0.25) is 11.8 Å². The zero-order valence-corrected chi connectivity index (χ0v) is 17.3. The number of piperidine rings is 2. The van der Waals surface area contributed by atoms with Crippen LogP contribution < -0.4 is 10.2 Å². The van der Waals surface area contributed by atoms with Crippen LogP contribution in [0.3, 0.4) is 0 Å². The monoisotopic (exact) mass is 396 g/mol. The minimum absolute atomic E-state index is 0.110. The largest absolute Gasteiger partial charge is 0.368 e. The molecule has 5 aliphatic rings. The van der Waals surface area contributed by atoms with Gasteiger partial charge in [0.25, 0.3) is 5.91 Å². The van der Waals surface area contributed by atoms with Crippen molar-refractivity contribution < 1.29 is 14.4 Å². The Morgan fingerprint density at radius 3 is 2.45 bits per heavy atom. The lowest BCUT2D eigenvalue weighted by molar-refractivity contribution is -0.136. The summed E-state index contributed by atoms with van der Waals surface area (Å²) < 4.78 is 0. The lowest BCUT2D eigenvalue weighted by Crippen LogP contribution is -2.73. The van der Waals surface area contributed by atoms with Gasteiger partial charge in [-0.2, -0.15) is 0 Å². The smallest absolute Gasteiger partial charge is 0.255 e. The molecule has 0 saturated carbocycles. The topological polar surface area (TPSA) is 73.0 Å². The van der Waals surface area contributed by atoms with Gasteiger partial charge in [0.15, 0.2) is 0 Å². The van der Waals surface area contributed by atoms with E-state index in [4.69, 9.17) is 0 Å². The van der Waals surface area contributed by atoms with Crippen LogP contribution in [0.4, 0.5) is 5.69 Å². The van der Waals surface area contributed by atoms with Crippen molar-refractivity contribution in [2.45, 2.75) is 70.2 Å². The number of anilines is 1. The van der Waals surface area contributed by atoms with Crippen LogP contribution in [0.2, 0.25) is 0 Å². The van der Waals surface area contributed by atoms with Crippen LogP contribution in [0.15, 0.2) is 18.2 Å². The Morgan fingerprint density at radius 2 is 1.79 bits per heavy atom. The number of fused-ring (bicyclic) bond motifs is 3. The second kappa shape index (κ2) is 6.29. The van der Waals surface area contributed by atoms with E-state index in [-0.39, 0.29) is 29.7 Å². The molecule has 1 aromatic carbocycles. The van der Waals surface area contributed by atoms with Gasteiger partial charge in [0.1, 0.15) is 6.04 Å². The van der Waals surface area contributed by atoms with Gasteiger partial charge in [0, 0.05) is 54.9 Å². The van der Waals surface area contributed by atoms with Gasteiger partial charge >= 0.3 is 0 Å². The number of carbonyl (C=O) groups is 3. The Balaban J connectivity index is 1.32. The summed E-state index contributed by atoms with van der Waals surface area (Å²) in [6.45, 7) is 9.31. The van der Waals surface area contributed by atoms with Crippen LogP contribution in [0, 0.1) is 0 Å². The van der Waals surface area contributed by atoms with E-state index < -0.39 is 6.04 Å². The molecule has 7 heteroatoms. The Labute approximate surface area is 171 Å². The molecule has 5 aliphatic heterocycles. The zero-order valence-electron chi connectivity index (χ0n) is 17.3. The highest BCUT2D eigenvalue weighted by atomic mass is 16.2. The van der Waals surface area contributed by atoms with Crippen LogP contribution in [-0.4, -0.2) is 64.3 Å². The summed E-state index contributed by atoms with van der Waals surface area (Å²) in [6, 6.07) is 6.68. The molecule has 2 bridgehead atoms.